The number of nitrogens with one attached hydrogen (secondary N) is 1. The van der Waals surface area contributed by atoms with Crippen LogP contribution >= 0.6 is 0 Å². The van der Waals surface area contributed by atoms with Gasteiger partial charge < -0.3 is 10.1 Å². The van der Waals surface area contributed by atoms with Gasteiger partial charge in [0.2, 0.25) is 5.65 Å². The number of hydrogen-bond donors (Lipinski definition) is 1. The van der Waals surface area contributed by atoms with Crippen LogP contribution in [0.2, 0.25) is 0 Å². The Morgan fingerprint density at radius 3 is 3.41 bits per heavy atom. The number of nitrogens with zero attached hydrogens (tertiary/aromatic N) is 4. The number of hydrogen-bond acceptors (Lipinski definition) is 5. The largest absolute Gasteiger partial charge is 0.381 e. The summed E-state index contributed by atoms with van der Waals surface area (Å²) in [6.07, 6.45) is 7.54. The van der Waals surface area contributed by atoms with E-state index in [0.29, 0.717) is 5.92 Å². The SMILES string of the molecule is c1cn2cnnc2c(NCCC2CCOC2)n1. The van der Waals surface area contributed by atoms with Crippen molar-refractivity contribution in [3.8, 4) is 0 Å². The number of rotatable bonds is 4. The third kappa shape index (κ3) is 2.21. The van der Waals surface area contributed by atoms with Crippen molar-refractivity contribution in [2.75, 3.05) is 25.1 Å². The first kappa shape index (κ1) is 10.5. The molecule has 2 aromatic rings. The minimum atomic E-state index is 0.681. The summed E-state index contributed by atoms with van der Waals surface area (Å²) in [6.45, 7) is 2.69. The molecule has 1 N–H and O–H groups in total. The van der Waals surface area contributed by atoms with Gasteiger partial charge in [-0.1, -0.05) is 0 Å². The van der Waals surface area contributed by atoms with Crippen LogP contribution < -0.4 is 5.32 Å². The van der Waals surface area contributed by atoms with Crippen LogP contribution in [-0.4, -0.2) is 39.3 Å². The highest BCUT2D eigenvalue weighted by Crippen LogP contribution is 2.17. The molecular weight excluding hydrogens is 218 g/mol. The zero-order valence-electron chi connectivity index (χ0n) is 9.54. The first-order chi connectivity index (χ1) is 8.43. The van der Waals surface area contributed by atoms with E-state index in [4.69, 9.17) is 4.74 Å². The molecule has 1 atom stereocenters. The fourth-order valence-electron chi connectivity index (χ4n) is 2.09. The van der Waals surface area contributed by atoms with Crippen molar-refractivity contribution < 1.29 is 4.74 Å². The van der Waals surface area contributed by atoms with Crippen molar-refractivity contribution >= 4 is 11.5 Å². The molecule has 3 heterocycles. The molecule has 1 aliphatic heterocycles. The van der Waals surface area contributed by atoms with Crippen molar-refractivity contribution in [2.24, 2.45) is 5.92 Å². The van der Waals surface area contributed by atoms with E-state index in [0.717, 1.165) is 37.6 Å². The Morgan fingerprint density at radius 1 is 1.53 bits per heavy atom. The van der Waals surface area contributed by atoms with Crippen LogP contribution in [0.3, 0.4) is 0 Å². The van der Waals surface area contributed by atoms with E-state index < -0.39 is 0 Å². The summed E-state index contributed by atoms with van der Waals surface area (Å²) in [5.41, 5.74) is 0.773. The summed E-state index contributed by atoms with van der Waals surface area (Å²) in [5, 5.41) is 11.2. The van der Waals surface area contributed by atoms with E-state index in [1.807, 2.05) is 10.6 Å². The van der Waals surface area contributed by atoms with Crippen LogP contribution in [0.25, 0.3) is 5.65 Å². The minimum absolute atomic E-state index is 0.681. The van der Waals surface area contributed by atoms with E-state index in [2.05, 4.69) is 20.5 Å². The van der Waals surface area contributed by atoms with Crippen LogP contribution in [0.15, 0.2) is 18.7 Å². The first-order valence-corrected chi connectivity index (χ1v) is 5.89. The zero-order chi connectivity index (χ0) is 11.5. The quantitative estimate of drug-likeness (QED) is 0.852. The molecule has 0 amide bonds. The topological polar surface area (TPSA) is 64.3 Å². The first-order valence-electron chi connectivity index (χ1n) is 5.89. The van der Waals surface area contributed by atoms with Gasteiger partial charge in [0.25, 0.3) is 0 Å². The maximum Gasteiger partial charge on any atom is 0.203 e. The van der Waals surface area contributed by atoms with Gasteiger partial charge in [0, 0.05) is 32.2 Å². The van der Waals surface area contributed by atoms with Crippen LogP contribution in [0.4, 0.5) is 5.82 Å². The number of aromatic nitrogens is 4. The molecule has 1 fully saturated rings. The molecule has 2 aromatic heterocycles. The second-order valence-corrected chi connectivity index (χ2v) is 4.28. The fourth-order valence-corrected chi connectivity index (χ4v) is 2.09. The lowest BCUT2D eigenvalue weighted by Gasteiger charge is -2.09. The maximum absolute atomic E-state index is 5.35. The van der Waals surface area contributed by atoms with Gasteiger partial charge in [-0.3, -0.25) is 4.40 Å². The molecule has 0 aliphatic carbocycles. The van der Waals surface area contributed by atoms with Crippen LogP contribution in [0.5, 0.6) is 0 Å². The lowest BCUT2D eigenvalue weighted by molar-refractivity contribution is 0.185. The smallest absolute Gasteiger partial charge is 0.203 e. The molecule has 0 saturated carbocycles. The van der Waals surface area contributed by atoms with Crippen molar-refractivity contribution in [1.82, 2.24) is 19.6 Å². The van der Waals surface area contributed by atoms with Gasteiger partial charge in [-0.25, -0.2) is 4.98 Å². The molecule has 6 nitrogen and oxygen atoms in total. The molecular formula is C11H15N5O. The summed E-state index contributed by atoms with van der Waals surface area (Å²) >= 11 is 0. The van der Waals surface area contributed by atoms with Gasteiger partial charge in [0.05, 0.1) is 0 Å². The number of anilines is 1. The summed E-state index contributed by atoms with van der Waals surface area (Å²) in [7, 11) is 0. The lowest BCUT2D eigenvalue weighted by Crippen LogP contribution is -2.10. The Balaban J connectivity index is 1.62. The van der Waals surface area contributed by atoms with Crippen molar-refractivity contribution in [3.05, 3.63) is 18.7 Å². The molecule has 3 rings (SSSR count). The van der Waals surface area contributed by atoms with Gasteiger partial charge in [0.1, 0.15) is 6.33 Å². The summed E-state index contributed by atoms with van der Waals surface area (Å²) in [5.74, 6) is 1.48. The van der Waals surface area contributed by atoms with Crippen LogP contribution in [0, 0.1) is 5.92 Å². The Bertz CT molecular complexity index is 491. The average Bonchev–Trinajstić information content (AvgIpc) is 2.99. The van der Waals surface area contributed by atoms with Crippen LogP contribution in [0.1, 0.15) is 12.8 Å². The maximum atomic E-state index is 5.35. The fraction of sp³-hybridized carbons (Fsp3) is 0.545. The van der Waals surface area contributed by atoms with E-state index in [1.165, 1.54) is 6.42 Å². The molecule has 17 heavy (non-hydrogen) atoms. The van der Waals surface area contributed by atoms with E-state index >= 15 is 0 Å². The monoisotopic (exact) mass is 233 g/mol. The standard InChI is InChI=1S/C11H15N5O/c1(9-2-6-17-7-9)3-12-10-11-15-14-8-16(11)5-4-13-10/h4-5,8-9H,1-3,6-7H2,(H,12,13). The Hall–Kier alpha value is -1.69. The molecule has 1 unspecified atom stereocenters. The molecule has 0 spiro atoms. The summed E-state index contributed by atoms with van der Waals surface area (Å²) in [4.78, 5) is 4.28. The average molecular weight is 233 g/mol. The highest BCUT2D eigenvalue weighted by atomic mass is 16.5. The van der Waals surface area contributed by atoms with Gasteiger partial charge in [0.15, 0.2) is 5.82 Å². The second-order valence-electron chi connectivity index (χ2n) is 4.28. The molecule has 1 saturated heterocycles. The third-order valence-electron chi connectivity index (χ3n) is 3.08. The van der Waals surface area contributed by atoms with Gasteiger partial charge >= 0.3 is 0 Å². The van der Waals surface area contributed by atoms with E-state index in [1.54, 1.807) is 12.5 Å². The summed E-state index contributed by atoms with van der Waals surface area (Å²) < 4.78 is 7.20. The van der Waals surface area contributed by atoms with Crippen molar-refractivity contribution in [1.29, 1.82) is 0 Å². The molecule has 0 bridgehead atoms. The molecule has 0 aromatic carbocycles. The van der Waals surface area contributed by atoms with Gasteiger partial charge in [-0.2, -0.15) is 0 Å². The van der Waals surface area contributed by atoms with Crippen LogP contribution in [-0.2, 0) is 4.74 Å². The Morgan fingerprint density at radius 2 is 2.53 bits per heavy atom. The highest BCUT2D eigenvalue weighted by Gasteiger charge is 2.15. The molecule has 0 radical (unpaired) electrons. The number of ether oxygens (including phenoxy) is 1. The van der Waals surface area contributed by atoms with Gasteiger partial charge in [-0.15, -0.1) is 10.2 Å². The normalized spacial score (nSPS) is 19.9. The molecule has 6 heteroatoms. The van der Waals surface area contributed by atoms with E-state index in [-0.39, 0.29) is 0 Å². The van der Waals surface area contributed by atoms with Crippen molar-refractivity contribution in [2.45, 2.75) is 12.8 Å². The Labute approximate surface area is 99.0 Å². The molecule has 1 aliphatic rings. The summed E-state index contributed by atoms with van der Waals surface area (Å²) in [6, 6.07) is 0. The second kappa shape index (κ2) is 4.67. The number of fused-ring (bicyclic) bond motifs is 1. The third-order valence-corrected chi connectivity index (χ3v) is 3.08. The lowest BCUT2D eigenvalue weighted by atomic mass is 10.1. The minimum Gasteiger partial charge on any atom is -0.381 e. The van der Waals surface area contributed by atoms with Crippen molar-refractivity contribution in [3.63, 3.8) is 0 Å². The zero-order valence-corrected chi connectivity index (χ0v) is 9.54. The molecule has 90 valence electrons. The van der Waals surface area contributed by atoms with Gasteiger partial charge in [-0.05, 0) is 18.8 Å². The highest BCUT2D eigenvalue weighted by molar-refractivity contribution is 5.61. The predicted molar refractivity (Wildman–Crippen MR) is 62.8 cm³/mol. The Kier molecular flexibility index (Phi) is 2.87. The van der Waals surface area contributed by atoms with E-state index in [9.17, 15) is 0 Å². The predicted octanol–water partition coefficient (Wildman–Crippen LogP) is 0.963.